The number of hydrogen-bond donors (Lipinski definition) is 1. The normalized spacial score (nSPS) is 19.4. The van der Waals surface area contributed by atoms with Gasteiger partial charge in [-0.1, -0.05) is 42.8 Å². The highest BCUT2D eigenvalue weighted by atomic mass is 19.3. The van der Waals surface area contributed by atoms with Gasteiger partial charge in [0, 0.05) is 32.1 Å². The highest BCUT2D eigenvalue weighted by Crippen LogP contribution is 2.41. The van der Waals surface area contributed by atoms with Gasteiger partial charge >= 0.3 is 0 Å². The Labute approximate surface area is 236 Å². The molecule has 4 rings (SSSR count). The lowest BCUT2D eigenvalue weighted by molar-refractivity contribution is -0.122. The van der Waals surface area contributed by atoms with E-state index in [1.807, 2.05) is 6.92 Å². The van der Waals surface area contributed by atoms with E-state index in [0.717, 1.165) is 68.7 Å². The average Bonchev–Trinajstić information content (AvgIpc) is 2.95. The van der Waals surface area contributed by atoms with Gasteiger partial charge in [-0.25, -0.2) is 22.0 Å². The van der Waals surface area contributed by atoms with Gasteiger partial charge < -0.3 is 10.1 Å². The monoisotopic (exact) mass is 575 g/mol. The molecule has 0 saturated carbocycles. The Morgan fingerprint density at radius 2 is 1.80 bits per heavy atom. The Hall–Kier alpha value is -3.37. The van der Waals surface area contributed by atoms with Crippen molar-refractivity contribution in [3.8, 4) is 0 Å². The molecule has 220 valence electrons. The van der Waals surface area contributed by atoms with E-state index in [-0.39, 0.29) is 23.3 Å². The molecule has 2 heterocycles. The third-order valence-electron chi connectivity index (χ3n) is 8.06. The number of alkyl halides is 2. The molecular formula is C31H34F5N3O2. The van der Waals surface area contributed by atoms with Gasteiger partial charge in [0.1, 0.15) is 5.83 Å². The third kappa shape index (κ3) is 6.43. The number of nitrogens with zero attached hydrogens (tertiary/aromatic N) is 2. The summed E-state index contributed by atoms with van der Waals surface area (Å²) in [7, 11) is 0. The second kappa shape index (κ2) is 12.7. The number of piperidine rings is 1. The largest absolute Gasteiger partial charge is 0.370 e. The Balaban J connectivity index is 1.48. The molecule has 0 radical (unpaired) electrons. The summed E-state index contributed by atoms with van der Waals surface area (Å²) in [5.41, 5.74) is -0.469. The van der Waals surface area contributed by atoms with E-state index in [4.69, 9.17) is 4.74 Å². The van der Waals surface area contributed by atoms with Gasteiger partial charge in [0.25, 0.3) is 6.43 Å². The highest BCUT2D eigenvalue weighted by Gasteiger charge is 2.45. The standard InChI is InChI=1S/C31H34F5N3O2/c1-4-22-16-30(41-19-25(22)28(34)17-37-3)11-13-39(14-12-30)18-21-5-7-23(8-6-21)31(29(35)36,38-20(2)40)24-9-10-26(32)27(33)15-24/h5-10,15,17,29H,3-4,11-14,16,18-19H2,1-2H3,(H,38,40)/b28-17+. The molecule has 1 N–H and O–H groups in total. The van der Waals surface area contributed by atoms with Crippen molar-refractivity contribution >= 4 is 12.6 Å². The van der Waals surface area contributed by atoms with E-state index in [1.54, 1.807) is 12.1 Å². The van der Waals surface area contributed by atoms with Crippen LogP contribution < -0.4 is 5.32 Å². The van der Waals surface area contributed by atoms with Crippen molar-refractivity contribution in [2.75, 3.05) is 19.7 Å². The summed E-state index contributed by atoms with van der Waals surface area (Å²) in [5, 5.41) is 2.29. The van der Waals surface area contributed by atoms with Gasteiger partial charge in [0.05, 0.1) is 18.4 Å². The summed E-state index contributed by atoms with van der Waals surface area (Å²) in [5.74, 6) is -3.61. The summed E-state index contributed by atoms with van der Waals surface area (Å²) in [6, 6.07) is 8.86. The lowest BCUT2D eigenvalue weighted by Crippen LogP contribution is -2.51. The number of amides is 1. The zero-order valence-corrected chi connectivity index (χ0v) is 23.2. The van der Waals surface area contributed by atoms with Gasteiger partial charge in [0.2, 0.25) is 5.91 Å². The van der Waals surface area contributed by atoms with E-state index >= 15 is 0 Å². The Kier molecular flexibility index (Phi) is 9.44. The maximum Gasteiger partial charge on any atom is 0.269 e. The Bertz CT molecular complexity index is 1330. The van der Waals surface area contributed by atoms with Gasteiger partial charge in [-0.2, -0.15) is 0 Å². The Morgan fingerprint density at radius 3 is 2.37 bits per heavy atom. The van der Waals surface area contributed by atoms with Crippen LogP contribution >= 0.6 is 0 Å². The summed E-state index contributed by atoms with van der Waals surface area (Å²) < 4.78 is 77.5. The van der Waals surface area contributed by atoms with Crippen LogP contribution in [0, 0.1) is 11.6 Å². The number of nitrogens with one attached hydrogen (secondary N) is 1. The second-order valence-electron chi connectivity index (χ2n) is 10.6. The quantitative estimate of drug-likeness (QED) is 0.272. The van der Waals surface area contributed by atoms with Gasteiger partial charge in [-0.05, 0) is 61.2 Å². The predicted molar refractivity (Wildman–Crippen MR) is 147 cm³/mol. The van der Waals surface area contributed by atoms with Crippen LogP contribution in [0.3, 0.4) is 0 Å². The molecule has 2 aromatic carbocycles. The molecule has 1 saturated heterocycles. The van der Waals surface area contributed by atoms with E-state index in [1.165, 1.54) is 12.1 Å². The first-order valence-electron chi connectivity index (χ1n) is 13.5. The van der Waals surface area contributed by atoms with E-state index in [2.05, 4.69) is 21.9 Å². The van der Waals surface area contributed by atoms with Crippen molar-refractivity contribution in [3.05, 3.63) is 94.0 Å². The molecule has 0 aromatic heterocycles. The van der Waals surface area contributed by atoms with Crippen LogP contribution in [0.15, 0.2) is 70.6 Å². The number of benzene rings is 2. The van der Waals surface area contributed by atoms with Crippen molar-refractivity contribution in [2.45, 2.75) is 63.6 Å². The number of hydrogen-bond acceptors (Lipinski definition) is 4. The van der Waals surface area contributed by atoms with E-state index in [0.29, 0.717) is 24.6 Å². The van der Waals surface area contributed by atoms with Crippen LogP contribution in [0.1, 0.15) is 56.2 Å². The SMILES string of the molecule is C=N/C=C(/F)C1=C(CC)CC2(CCN(Cc3ccc(C(NC(C)=O)(c4ccc(F)c(F)c4)C(F)F)cc3)CC2)OC1. The molecule has 1 fully saturated rings. The second-order valence-corrected chi connectivity index (χ2v) is 10.6. The molecule has 5 nitrogen and oxygen atoms in total. The molecule has 2 aliphatic rings. The minimum atomic E-state index is -3.14. The van der Waals surface area contributed by atoms with Crippen LogP contribution in [-0.4, -0.2) is 49.2 Å². The van der Waals surface area contributed by atoms with Crippen molar-refractivity contribution in [1.82, 2.24) is 10.2 Å². The zero-order chi connectivity index (χ0) is 29.8. The van der Waals surface area contributed by atoms with Crippen LogP contribution in [0.4, 0.5) is 22.0 Å². The number of rotatable bonds is 9. The highest BCUT2D eigenvalue weighted by molar-refractivity contribution is 5.75. The molecule has 2 aromatic rings. The summed E-state index contributed by atoms with van der Waals surface area (Å²) in [6.07, 6.45) is 0.871. The van der Waals surface area contributed by atoms with Gasteiger partial charge in [-0.15, -0.1) is 0 Å². The number of carbonyl (C=O) groups excluding carboxylic acids is 1. The van der Waals surface area contributed by atoms with Crippen molar-refractivity contribution in [1.29, 1.82) is 0 Å². The molecule has 41 heavy (non-hydrogen) atoms. The molecule has 1 spiro atoms. The molecule has 0 bridgehead atoms. The van der Waals surface area contributed by atoms with Crippen molar-refractivity contribution < 1.29 is 31.5 Å². The number of ether oxygens (including phenoxy) is 1. The summed E-state index contributed by atoms with van der Waals surface area (Å²) in [4.78, 5) is 17.7. The minimum Gasteiger partial charge on any atom is -0.370 e. The van der Waals surface area contributed by atoms with Crippen LogP contribution in [0.2, 0.25) is 0 Å². The van der Waals surface area contributed by atoms with E-state index in [9.17, 15) is 26.7 Å². The smallest absolute Gasteiger partial charge is 0.269 e. The maximum atomic E-state index is 14.6. The fourth-order valence-corrected chi connectivity index (χ4v) is 5.82. The topological polar surface area (TPSA) is 53.9 Å². The van der Waals surface area contributed by atoms with Crippen LogP contribution in [-0.2, 0) is 21.6 Å². The minimum absolute atomic E-state index is 0.0493. The number of likely N-dealkylation sites (tertiary alicyclic amines) is 1. The van der Waals surface area contributed by atoms with Crippen LogP contribution in [0.5, 0.6) is 0 Å². The summed E-state index contributed by atoms with van der Waals surface area (Å²) in [6.45, 7) is 8.65. The van der Waals surface area contributed by atoms with Gasteiger partial charge in [-0.3, -0.25) is 14.7 Å². The number of carbonyl (C=O) groups is 1. The average molecular weight is 576 g/mol. The molecule has 10 heteroatoms. The maximum absolute atomic E-state index is 14.6. The van der Waals surface area contributed by atoms with E-state index < -0.39 is 35.3 Å². The number of aliphatic imine (C=N–C) groups is 1. The fourth-order valence-electron chi connectivity index (χ4n) is 5.82. The fraction of sp³-hybridized carbons (Fsp3) is 0.419. The molecule has 1 unspecified atom stereocenters. The molecule has 1 atom stereocenters. The van der Waals surface area contributed by atoms with Crippen molar-refractivity contribution in [3.63, 3.8) is 0 Å². The lowest BCUT2D eigenvalue weighted by Gasteiger charge is -2.45. The van der Waals surface area contributed by atoms with Crippen LogP contribution in [0.25, 0.3) is 0 Å². The van der Waals surface area contributed by atoms with Crippen molar-refractivity contribution in [2.24, 2.45) is 4.99 Å². The summed E-state index contributed by atoms with van der Waals surface area (Å²) >= 11 is 0. The Morgan fingerprint density at radius 1 is 1.15 bits per heavy atom. The molecular weight excluding hydrogens is 541 g/mol. The number of halogens is 5. The first-order valence-corrected chi connectivity index (χ1v) is 13.5. The molecule has 2 aliphatic heterocycles. The first kappa shape index (κ1) is 30.6. The predicted octanol–water partition coefficient (Wildman–Crippen LogP) is 6.58. The lowest BCUT2D eigenvalue weighted by atomic mass is 9.80. The third-order valence-corrected chi connectivity index (χ3v) is 8.06. The zero-order valence-electron chi connectivity index (χ0n) is 23.2. The first-order chi connectivity index (χ1) is 19.5. The molecule has 1 amide bonds. The van der Waals surface area contributed by atoms with Gasteiger partial charge in [0.15, 0.2) is 17.2 Å². The molecule has 0 aliphatic carbocycles.